The van der Waals surface area contributed by atoms with Crippen LogP contribution in [-0.4, -0.2) is 56.3 Å². The van der Waals surface area contributed by atoms with E-state index in [1.807, 2.05) is 48.2 Å². The molecule has 0 saturated carbocycles. The maximum Gasteiger partial charge on any atom is 0.263 e. The van der Waals surface area contributed by atoms with Gasteiger partial charge in [0.05, 0.1) is 4.90 Å². The third-order valence-corrected chi connectivity index (χ3v) is 7.06. The van der Waals surface area contributed by atoms with Crippen LogP contribution < -0.4 is 5.32 Å². The van der Waals surface area contributed by atoms with Crippen LogP contribution in [0.1, 0.15) is 11.1 Å². The standard InChI is InChI=1S/C23H26N4O3S/c1-19-7-9-22(10-8-19)31(29,30)27-15-13-26(14-16-27)18-21(17-24)23(28)25-12-11-20-5-3-2-4-6-20/h2-10,18H,11-16H2,1H3,(H,25,28)/b21-18-. The Hall–Kier alpha value is -3.15. The number of aryl methyl sites for hydroxylation is 1. The molecular weight excluding hydrogens is 412 g/mol. The van der Waals surface area contributed by atoms with Gasteiger partial charge in [-0.2, -0.15) is 9.57 Å². The van der Waals surface area contributed by atoms with E-state index in [2.05, 4.69) is 5.32 Å². The normalized spacial score (nSPS) is 15.4. The first kappa shape index (κ1) is 22.5. The monoisotopic (exact) mass is 438 g/mol. The quantitative estimate of drug-likeness (QED) is 0.528. The van der Waals surface area contributed by atoms with Crippen LogP contribution in [0.3, 0.4) is 0 Å². The van der Waals surface area contributed by atoms with Gasteiger partial charge >= 0.3 is 0 Å². The van der Waals surface area contributed by atoms with Crippen molar-refractivity contribution >= 4 is 15.9 Å². The minimum absolute atomic E-state index is 0.0166. The van der Waals surface area contributed by atoms with Crippen molar-refractivity contribution < 1.29 is 13.2 Å². The van der Waals surface area contributed by atoms with Crippen LogP contribution in [0.4, 0.5) is 0 Å². The Morgan fingerprint density at radius 3 is 2.32 bits per heavy atom. The molecule has 1 fully saturated rings. The molecule has 1 aliphatic rings. The van der Waals surface area contributed by atoms with Crippen molar-refractivity contribution in [2.24, 2.45) is 0 Å². The largest absolute Gasteiger partial charge is 0.373 e. The molecule has 2 aromatic carbocycles. The number of rotatable bonds is 7. The van der Waals surface area contributed by atoms with Gasteiger partial charge in [0.25, 0.3) is 5.91 Å². The number of piperazine rings is 1. The number of sulfonamides is 1. The SMILES string of the molecule is Cc1ccc(S(=O)(=O)N2CCN(/C=C(/C#N)C(=O)NCCc3ccccc3)CC2)cc1. The first-order valence-corrected chi connectivity index (χ1v) is 11.6. The smallest absolute Gasteiger partial charge is 0.263 e. The van der Waals surface area contributed by atoms with Gasteiger partial charge in [-0.1, -0.05) is 48.0 Å². The summed E-state index contributed by atoms with van der Waals surface area (Å²) in [6, 6.07) is 18.5. The van der Waals surface area contributed by atoms with E-state index in [1.165, 1.54) is 10.5 Å². The molecule has 0 atom stereocenters. The summed E-state index contributed by atoms with van der Waals surface area (Å²) in [5.74, 6) is -0.423. The molecule has 7 nitrogen and oxygen atoms in total. The van der Waals surface area contributed by atoms with E-state index in [0.29, 0.717) is 39.1 Å². The Morgan fingerprint density at radius 1 is 1.06 bits per heavy atom. The second-order valence-corrected chi connectivity index (χ2v) is 9.34. The zero-order valence-electron chi connectivity index (χ0n) is 17.5. The van der Waals surface area contributed by atoms with Crippen molar-refractivity contribution in [2.75, 3.05) is 32.7 Å². The molecule has 162 valence electrons. The average Bonchev–Trinajstić information content (AvgIpc) is 2.78. The topological polar surface area (TPSA) is 93.5 Å². The number of nitrogens with one attached hydrogen (secondary N) is 1. The summed E-state index contributed by atoms with van der Waals surface area (Å²) < 4.78 is 27.0. The second-order valence-electron chi connectivity index (χ2n) is 7.40. The van der Waals surface area contributed by atoms with Gasteiger partial charge in [-0.15, -0.1) is 0 Å². The van der Waals surface area contributed by atoms with Gasteiger partial charge in [-0.25, -0.2) is 8.42 Å². The molecule has 1 N–H and O–H groups in total. The lowest BCUT2D eigenvalue weighted by molar-refractivity contribution is -0.117. The molecule has 1 heterocycles. The first-order chi connectivity index (χ1) is 14.9. The van der Waals surface area contributed by atoms with Gasteiger partial charge in [0.1, 0.15) is 11.6 Å². The molecule has 8 heteroatoms. The molecule has 0 aromatic heterocycles. The minimum Gasteiger partial charge on any atom is -0.373 e. The fourth-order valence-corrected chi connectivity index (χ4v) is 4.74. The van der Waals surface area contributed by atoms with E-state index in [4.69, 9.17) is 0 Å². The van der Waals surface area contributed by atoms with Crippen molar-refractivity contribution in [1.82, 2.24) is 14.5 Å². The second kappa shape index (κ2) is 10.2. The lowest BCUT2D eigenvalue weighted by Crippen LogP contribution is -2.47. The molecule has 0 radical (unpaired) electrons. The molecule has 2 aromatic rings. The van der Waals surface area contributed by atoms with Crippen molar-refractivity contribution in [1.29, 1.82) is 5.26 Å². The van der Waals surface area contributed by atoms with Crippen LogP contribution in [0.2, 0.25) is 0 Å². The van der Waals surface area contributed by atoms with Gasteiger partial charge in [0.2, 0.25) is 10.0 Å². The molecule has 0 unspecified atom stereocenters. The lowest BCUT2D eigenvalue weighted by atomic mass is 10.1. The highest BCUT2D eigenvalue weighted by Gasteiger charge is 2.28. The van der Waals surface area contributed by atoms with Crippen LogP contribution in [-0.2, 0) is 21.2 Å². The summed E-state index contributed by atoms with van der Waals surface area (Å²) in [7, 11) is -3.55. The number of benzene rings is 2. The summed E-state index contributed by atoms with van der Waals surface area (Å²) in [5, 5.41) is 12.2. The van der Waals surface area contributed by atoms with Crippen molar-refractivity contribution in [2.45, 2.75) is 18.2 Å². The van der Waals surface area contributed by atoms with E-state index in [-0.39, 0.29) is 10.5 Å². The minimum atomic E-state index is -3.55. The molecular formula is C23H26N4O3S. The van der Waals surface area contributed by atoms with Crippen molar-refractivity contribution in [3.63, 3.8) is 0 Å². The van der Waals surface area contributed by atoms with Gasteiger partial charge in [0.15, 0.2) is 0 Å². The first-order valence-electron chi connectivity index (χ1n) is 10.1. The highest BCUT2D eigenvalue weighted by Crippen LogP contribution is 2.18. The Morgan fingerprint density at radius 2 is 1.71 bits per heavy atom. The predicted molar refractivity (Wildman–Crippen MR) is 118 cm³/mol. The molecule has 0 bridgehead atoms. The number of hydrogen-bond acceptors (Lipinski definition) is 5. The Kier molecular flexibility index (Phi) is 7.45. The molecule has 1 amide bonds. The van der Waals surface area contributed by atoms with Crippen LogP contribution in [0, 0.1) is 18.3 Å². The van der Waals surface area contributed by atoms with E-state index in [9.17, 15) is 18.5 Å². The summed E-state index contributed by atoms with van der Waals surface area (Å²) in [4.78, 5) is 14.4. The van der Waals surface area contributed by atoms with Crippen LogP contribution in [0.15, 0.2) is 71.3 Å². The van der Waals surface area contributed by atoms with Crippen LogP contribution in [0.5, 0.6) is 0 Å². The number of carbonyl (C=O) groups is 1. The van der Waals surface area contributed by atoms with E-state index in [0.717, 1.165) is 11.1 Å². The Labute approximate surface area is 183 Å². The molecule has 0 spiro atoms. The van der Waals surface area contributed by atoms with Gasteiger partial charge in [-0.3, -0.25) is 4.79 Å². The summed E-state index contributed by atoms with van der Waals surface area (Å²) in [5.41, 5.74) is 2.12. The zero-order chi connectivity index (χ0) is 22.3. The molecule has 1 saturated heterocycles. The third kappa shape index (κ3) is 5.94. The molecule has 1 aliphatic heterocycles. The average molecular weight is 439 g/mol. The highest BCUT2D eigenvalue weighted by atomic mass is 32.2. The molecule has 0 aliphatic carbocycles. The molecule has 3 rings (SSSR count). The lowest BCUT2D eigenvalue weighted by Gasteiger charge is -2.33. The molecule has 31 heavy (non-hydrogen) atoms. The number of hydrogen-bond donors (Lipinski definition) is 1. The van der Waals surface area contributed by atoms with Gasteiger partial charge in [0, 0.05) is 38.9 Å². The Balaban J connectivity index is 1.54. The summed E-state index contributed by atoms with van der Waals surface area (Å²) in [6.07, 6.45) is 2.20. The predicted octanol–water partition coefficient (Wildman–Crippen LogP) is 2.07. The van der Waals surface area contributed by atoms with Crippen molar-refractivity contribution in [3.8, 4) is 6.07 Å². The maximum absolute atomic E-state index is 12.8. The highest BCUT2D eigenvalue weighted by molar-refractivity contribution is 7.89. The number of nitriles is 1. The summed E-state index contributed by atoms with van der Waals surface area (Å²) in [6.45, 7) is 3.75. The van der Waals surface area contributed by atoms with Crippen LogP contribution >= 0.6 is 0 Å². The van der Waals surface area contributed by atoms with E-state index in [1.54, 1.807) is 24.3 Å². The van der Waals surface area contributed by atoms with E-state index < -0.39 is 15.9 Å². The van der Waals surface area contributed by atoms with Gasteiger partial charge in [-0.05, 0) is 31.0 Å². The number of nitrogens with zero attached hydrogens (tertiary/aromatic N) is 3. The van der Waals surface area contributed by atoms with Crippen molar-refractivity contribution in [3.05, 3.63) is 77.5 Å². The number of carbonyl (C=O) groups excluding carboxylic acids is 1. The van der Waals surface area contributed by atoms with Gasteiger partial charge < -0.3 is 10.2 Å². The maximum atomic E-state index is 12.8. The van der Waals surface area contributed by atoms with E-state index >= 15 is 0 Å². The fraction of sp³-hybridized carbons (Fsp3) is 0.304. The zero-order valence-corrected chi connectivity index (χ0v) is 18.3. The number of amides is 1. The van der Waals surface area contributed by atoms with Crippen LogP contribution in [0.25, 0.3) is 0 Å². The summed E-state index contributed by atoms with van der Waals surface area (Å²) >= 11 is 0. The third-order valence-electron chi connectivity index (χ3n) is 5.15. The Bertz CT molecular complexity index is 1070. The fourth-order valence-electron chi connectivity index (χ4n) is 3.31.